The lowest BCUT2D eigenvalue weighted by Gasteiger charge is -2.37. The van der Waals surface area contributed by atoms with E-state index in [2.05, 4.69) is 24.4 Å². The van der Waals surface area contributed by atoms with Crippen molar-refractivity contribution in [1.82, 2.24) is 5.32 Å². The average Bonchev–Trinajstić information content (AvgIpc) is 2.19. The van der Waals surface area contributed by atoms with E-state index in [0.717, 1.165) is 6.04 Å². The van der Waals surface area contributed by atoms with Crippen LogP contribution in [-0.2, 0) is 0 Å². The minimum atomic E-state index is 0.400. The van der Waals surface area contributed by atoms with E-state index in [9.17, 15) is 0 Å². The second kappa shape index (κ2) is 4.48. The first-order valence-electron chi connectivity index (χ1n) is 6.21. The Labute approximate surface area is 88.0 Å². The highest BCUT2D eigenvalue weighted by Crippen LogP contribution is 2.26. The van der Waals surface area contributed by atoms with Crippen molar-refractivity contribution < 1.29 is 0 Å². The molecule has 2 aliphatic carbocycles. The van der Waals surface area contributed by atoms with E-state index in [1.165, 1.54) is 51.4 Å². The largest absolute Gasteiger partial charge is 0.308 e. The molecular formula is C13H23N. The Balaban J connectivity index is 1.85. The number of hydrogen-bond donors (Lipinski definition) is 1. The summed E-state index contributed by atoms with van der Waals surface area (Å²) in [4.78, 5) is 0. The van der Waals surface area contributed by atoms with Gasteiger partial charge in [0.05, 0.1) is 0 Å². The first kappa shape index (κ1) is 10.2. The molecule has 0 aromatic carbocycles. The van der Waals surface area contributed by atoms with Crippen LogP contribution < -0.4 is 5.32 Å². The summed E-state index contributed by atoms with van der Waals surface area (Å²) in [5.74, 6) is 0. The number of nitrogens with one attached hydrogen (secondary N) is 1. The molecule has 0 amide bonds. The number of allylic oxidation sites excluding steroid dienone is 1. The van der Waals surface area contributed by atoms with Crippen LogP contribution in [0.4, 0.5) is 0 Å². The highest BCUT2D eigenvalue weighted by atomic mass is 15.0. The van der Waals surface area contributed by atoms with Gasteiger partial charge in [0.15, 0.2) is 0 Å². The van der Waals surface area contributed by atoms with E-state index in [1.807, 2.05) is 0 Å². The molecule has 0 aliphatic heterocycles. The fraction of sp³-hybridized carbons (Fsp3) is 0.846. The van der Waals surface area contributed by atoms with Crippen molar-refractivity contribution in [2.45, 2.75) is 69.9 Å². The van der Waals surface area contributed by atoms with Crippen LogP contribution in [0.5, 0.6) is 0 Å². The van der Waals surface area contributed by atoms with Gasteiger partial charge in [-0.05, 0) is 39.0 Å². The van der Waals surface area contributed by atoms with Crippen LogP contribution in [0.3, 0.4) is 0 Å². The van der Waals surface area contributed by atoms with Crippen molar-refractivity contribution in [3.05, 3.63) is 12.2 Å². The molecule has 2 aliphatic rings. The predicted octanol–water partition coefficient (Wildman–Crippen LogP) is 3.41. The summed E-state index contributed by atoms with van der Waals surface area (Å²) in [6.45, 7) is 2.39. The molecule has 0 spiro atoms. The molecule has 0 saturated heterocycles. The van der Waals surface area contributed by atoms with Gasteiger partial charge < -0.3 is 5.32 Å². The Bertz CT molecular complexity index is 203. The molecule has 0 bridgehead atoms. The van der Waals surface area contributed by atoms with Crippen LogP contribution in [0, 0.1) is 0 Å². The Morgan fingerprint density at radius 2 is 1.93 bits per heavy atom. The van der Waals surface area contributed by atoms with Crippen molar-refractivity contribution in [3.8, 4) is 0 Å². The zero-order valence-corrected chi connectivity index (χ0v) is 9.39. The van der Waals surface area contributed by atoms with E-state index in [0.29, 0.717) is 5.54 Å². The molecule has 14 heavy (non-hydrogen) atoms. The molecule has 1 heteroatoms. The summed E-state index contributed by atoms with van der Waals surface area (Å²) in [5, 5.41) is 3.88. The number of hydrogen-bond acceptors (Lipinski definition) is 1. The average molecular weight is 193 g/mol. The van der Waals surface area contributed by atoms with Gasteiger partial charge in [0.25, 0.3) is 0 Å². The maximum Gasteiger partial charge on any atom is 0.0193 e. The maximum absolute atomic E-state index is 3.88. The van der Waals surface area contributed by atoms with Gasteiger partial charge in [-0.15, -0.1) is 0 Å². The Morgan fingerprint density at radius 3 is 2.57 bits per heavy atom. The van der Waals surface area contributed by atoms with Crippen LogP contribution in [0.1, 0.15) is 58.3 Å². The van der Waals surface area contributed by atoms with Crippen LogP contribution in [0.2, 0.25) is 0 Å². The molecule has 1 nitrogen and oxygen atoms in total. The second-order valence-electron chi connectivity index (χ2n) is 5.25. The molecule has 1 saturated carbocycles. The summed E-state index contributed by atoms with van der Waals surface area (Å²) < 4.78 is 0. The van der Waals surface area contributed by atoms with Crippen LogP contribution in [0.15, 0.2) is 12.2 Å². The molecule has 80 valence electrons. The fourth-order valence-corrected chi connectivity index (χ4v) is 2.84. The van der Waals surface area contributed by atoms with Crippen LogP contribution in [-0.4, -0.2) is 11.6 Å². The van der Waals surface area contributed by atoms with Gasteiger partial charge in [-0.2, -0.15) is 0 Å². The first-order chi connectivity index (χ1) is 6.79. The summed E-state index contributed by atoms with van der Waals surface area (Å²) in [6, 6.07) is 0.806. The standard InChI is InChI=1S/C13H23N/c1-13(10-6-3-7-11-13)14-12-8-4-2-5-9-12/h3,6,12,14H,2,4-5,7-11H2,1H3. The van der Waals surface area contributed by atoms with E-state index in [-0.39, 0.29) is 0 Å². The fourth-order valence-electron chi connectivity index (χ4n) is 2.84. The normalized spacial score (nSPS) is 34.6. The van der Waals surface area contributed by atoms with Gasteiger partial charge in [-0.1, -0.05) is 31.4 Å². The highest BCUT2D eigenvalue weighted by Gasteiger charge is 2.27. The zero-order valence-electron chi connectivity index (χ0n) is 9.39. The van der Waals surface area contributed by atoms with E-state index >= 15 is 0 Å². The van der Waals surface area contributed by atoms with Crippen molar-refractivity contribution in [2.75, 3.05) is 0 Å². The molecular weight excluding hydrogens is 170 g/mol. The van der Waals surface area contributed by atoms with Crippen molar-refractivity contribution in [3.63, 3.8) is 0 Å². The lowest BCUT2D eigenvalue weighted by Crippen LogP contribution is -2.49. The smallest absolute Gasteiger partial charge is 0.0193 e. The first-order valence-corrected chi connectivity index (χ1v) is 6.21. The Hall–Kier alpha value is -0.300. The molecule has 1 N–H and O–H groups in total. The van der Waals surface area contributed by atoms with Gasteiger partial charge in [0, 0.05) is 11.6 Å². The Kier molecular flexibility index (Phi) is 3.27. The van der Waals surface area contributed by atoms with Crippen molar-refractivity contribution >= 4 is 0 Å². The summed E-state index contributed by atoms with van der Waals surface area (Å²) in [7, 11) is 0. The van der Waals surface area contributed by atoms with Crippen LogP contribution >= 0.6 is 0 Å². The molecule has 1 fully saturated rings. The molecule has 0 aromatic rings. The third-order valence-corrected chi connectivity index (χ3v) is 3.76. The molecule has 1 unspecified atom stereocenters. The third-order valence-electron chi connectivity index (χ3n) is 3.76. The maximum atomic E-state index is 3.88. The van der Waals surface area contributed by atoms with E-state index in [4.69, 9.17) is 0 Å². The molecule has 1 atom stereocenters. The van der Waals surface area contributed by atoms with E-state index < -0.39 is 0 Å². The minimum absolute atomic E-state index is 0.400. The highest BCUT2D eigenvalue weighted by molar-refractivity contribution is 5.01. The van der Waals surface area contributed by atoms with Gasteiger partial charge >= 0.3 is 0 Å². The van der Waals surface area contributed by atoms with Gasteiger partial charge in [0.1, 0.15) is 0 Å². The Morgan fingerprint density at radius 1 is 1.14 bits per heavy atom. The van der Waals surface area contributed by atoms with Crippen LogP contribution in [0.25, 0.3) is 0 Å². The van der Waals surface area contributed by atoms with Gasteiger partial charge in [-0.3, -0.25) is 0 Å². The zero-order chi connectivity index (χ0) is 9.86. The second-order valence-corrected chi connectivity index (χ2v) is 5.25. The lowest BCUT2D eigenvalue weighted by molar-refractivity contribution is 0.247. The lowest BCUT2D eigenvalue weighted by atomic mass is 9.85. The quantitative estimate of drug-likeness (QED) is 0.663. The van der Waals surface area contributed by atoms with Crippen molar-refractivity contribution in [1.29, 1.82) is 0 Å². The van der Waals surface area contributed by atoms with Crippen molar-refractivity contribution in [2.24, 2.45) is 0 Å². The van der Waals surface area contributed by atoms with Gasteiger partial charge in [-0.25, -0.2) is 0 Å². The summed E-state index contributed by atoms with van der Waals surface area (Å²) in [6.07, 6.45) is 15.6. The topological polar surface area (TPSA) is 12.0 Å². The third kappa shape index (κ3) is 2.60. The number of rotatable bonds is 2. The van der Waals surface area contributed by atoms with Gasteiger partial charge in [0.2, 0.25) is 0 Å². The summed E-state index contributed by atoms with van der Waals surface area (Å²) in [5.41, 5.74) is 0.400. The van der Waals surface area contributed by atoms with E-state index in [1.54, 1.807) is 0 Å². The molecule has 0 aromatic heterocycles. The minimum Gasteiger partial charge on any atom is -0.308 e. The molecule has 0 radical (unpaired) electrons. The molecule has 0 heterocycles. The SMILES string of the molecule is CC1(NC2CCCCC2)CC=CCC1. The predicted molar refractivity (Wildman–Crippen MR) is 61.4 cm³/mol. The summed E-state index contributed by atoms with van der Waals surface area (Å²) >= 11 is 0. The monoisotopic (exact) mass is 193 g/mol. The molecule has 2 rings (SSSR count).